The number of rotatable bonds is 6. The van der Waals surface area contributed by atoms with Crippen molar-refractivity contribution in [3.05, 3.63) is 77.9 Å². The molecule has 5 nitrogen and oxygen atoms in total. The second-order valence-electron chi connectivity index (χ2n) is 6.75. The van der Waals surface area contributed by atoms with E-state index < -0.39 is 42.7 Å². The fraction of sp³-hybridized carbons (Fsp3) is 0.190. The second-order valence-corrected chi connectivity index (χ2v) is 6.75. The molecule has 11 heteroatoms. The molecule has 3 rings (SSSR count). The molecule has 0 atom stereocenters. The highest BCUT2D eigenvalue weighted by molar-refractivity contribution is 6.04. The smallest absolute Gasteiger partial charge is 0.344 e. The van der Waals surface area contributed by atoms with Crippen molar-refractivity contribution in [2.75, 3.05) is 6.54 Å². The summed E-state index contributed by atoms with van der Waals surface area (Å²) >= 11 is 0. The lowest BCUT2D eigenvalue weighted by atomic mass is 9.98. The lowest BCUT2D eigenvalue weighted by molar-refractivity contribution is -0.141. The van der Waals surface area contributed by atoms with Gasteiger partial charge in [-0.05, 0) is 29.3 Å². The van der Waals surface area contributed by atoms with Gasteiger partial charge in [0.2, 0.25) is 0 Å². The first kappa shape index (κ1) is 23.0. The molecule has 1 aromatic heterocycles. The molecule has 168 valence electrons. The second kappa shape index (κ2) is 8.85. The van der Waals surface area contributed by atoms with Crippen molar-refractivity contribution in [3.8, 4) is 11.1 Å². The van der Waals surface area contributed by atoms with E-state index in [1.165, 1.54) is 30.3 Å². The van der Waals surface area contributed by atoms with Gasteiger partial charge in [0.25, 0.3) is 5.91 Å². The van der Waals surface area contributed by atoms with Crippen molar-refractivity contribution in [2.24, 2.45) is 0 Å². The maximum atomic E-state index is 12.8. The van der Waals surface area contributed by atoms with Crippen LogP contribution in [0.2, 0.25) is 0 Å². The number of halogens is 6. The van der Waals surface area contributed by atoms with Crippen molar-refractivity contribution in [2.45, 2.75) is 18.9 Å². The number of carbonyl (C=O) groups excluding carboxylic acids is 2. The van der Waals surface area contributed by atoms with Crippen molar-refractivity contribution < 1.29 is 35.9 Å². The van der Waals surface area contributed by atoms with E-state index in [9.17, 15) is 35.9 Å². The molecule has 0 radical (unpaired) electrons. The summed E-state index contributed by atoms with van der Waals surface area (Å²) in [6, 6.07) is 10.3. The lowest BCUT2D eigenvalue weighted by Crippen LogP contribution is -2.31. The summed E-state index contributed by atoms with van der Waals surface area (Å²) in [5.74, 6) is -1.50. The van der Waals surface area contributed by atoms with E-state index in [1.807, 2.05) is 0 Å². The monoisotopic (exact) mass is 455 g/mol. The van der Waals surface area contributed by atoms with Gasteiger partial charge in [-0.15, -0.1) is 0 Å². The van der Waals surface area contributed by atoms with Crippen LogP contribution in [0, 0.1) is 0 Å². The minimum Gasteiger partial charge on any atom is -0.344 e. The molecule has 0 unspecified atom stereocenters. The quantitative estimate of drug-likeness (QED) is 0.431. The minimum absolute atomic E-state index is 0.0869. The van der Waals surface area contributed by atoms with Crippen LogP contribution in [-0.2, 0) is 12.7 Å². The van der Waals surface area contributed by atoms with Crippen molar-refractivity contribution in [1.82, 2.24) is 14.9 Å². The zero-order valence-corrected chi connectivity index (χ0v) is 16.2. The fourth-order valence-corrected chi connectivity index (χ4v) is 2.99. The molecule has 2 aromatic carbocycles. The van der Waals surface area contributed by atoms with Crippen molar-refractivity contribution >= 4 is 11.7 Å². The first-order chi connectivity index (χ1) is 15.0. The topological polar surface area (TPSA) is 64.0 Å². The van der Waals surface area contributed by atoms with Crippen molar-refractivity contribution in [3.63, 3.8) is 0 Å². The first-order valence-corrected chi connectivity index (χ1v) is 9.10. The Labute approximate surface area is 177 Å². The first-order valence-electron chi connectivity index (χ1n) is 9.10. The summed E-state index contributed by atoms with van der Waals surface area (Å²) in [5, 5.41) is 2.33. The summed E-state index contributed by atoms with van der Waals surface area (Å²) in [7, 11) is 0. The molecule has 0 bridgehead atoms. The predicted octanol–water partition coefficient (Wildman–Crippen LogP) is 4.74. The molecular formula is C21H15F6N3O2. The van der Waals surface area contributed by atoms with E-state index >= 15 is 0 Å². The summed E-state index contributed by atoms with van der Waals surface area (Å²) in [6.45, 7) is -2.00. The fourth-order valence-electron chi connectivity index (χ4n) is 2.99. The molecule has 0 aliphatic carbocycles. The third kappa shape index (κ3) is 5.54. The molecule has 1 N–H and O–H groups in total. The third-order valence-electron chi connectivity index (χ3n) is 4.45. The maximum Gasteiger partial charge on any atom is 0.416 e. The van der Waals surface area contributed by atoms with Gasteiger partial charge in [-0.25, -0.2) is 4.98 Å². The molecular weight excluding hydrogens is 440 g/mol. The Morgan fingerprint density at radius 1 is 0.938 bits per heavy atom. The predicted molar refractivity (Wildman–Crippen MR) is 102 cm³/mol. The molecule has 0 aliphatic rings. The van der Waals surface area contributed by atoms with Crippen LogP contribution in [0.25, 0.3) is 11.1 Å². The van der Waals surface area contributed by atoms with Gasteiger partial charge >= 0.3 is 12.4 Å². The molecule has 3 aromatic rings. The van der Waals surface area contributed by atoms with E-state index in [4.69, 9.17) is 0 Å². The number of carbonyl (C=O) groups is 2. The molecule has 32 heavy (non-hydrogen) atoms. The lowest BCUT2D eigenvalue weighted by Gasteiger charge is -2.13. The average molecular weight is 455 g/mol. The normalized spacial score (nSPS) is 11.9. The van der Waals surface area contributed by atoms with Crippen LogP contribution in [0.5, 0.6) is 0 Å². The summed E-state index contributed by atoms with van der Waals surface area (Å²) in [4.78, 5) is 28.4. The number of hydrogen-bond donors (Lipinski definition) is 1. The number of hydrogen-bond acceptors (Lipinski definition) is 3. The number of benzene rings is 2. The zero-order valence-electron chi connectivity index (χ0n) is 16.2. The van der Waals surface area contributed by atoms with Gasteiger partial charge in [0.15, 0.2) is 5.78 Å². The Hall–Kier alpha value is -3.63. The standard InChI is InChI=1S/C21H15F6N3O2/c22-20(23,24)11-30-12-28-9-17(30)18(31)10-29-19(32)16-4-2-1-3-15(16)13-5-7-14(8-6-13)21(25,26)27/h1-9,12H,10-11H2,(H,29,32). The molecule has 0 fully saturated rings. The molecule has 1 heterocycles. The van der Waals surface area contributed by atoms with Crippen LogP contribution >= 0.6 is 0 Å². The van der Waals surface area contributed by atoms with Gasteiger partial charge in [0.05, 0.1) is 24.6 Å². The number of Topliss-reactive ketones (excluding diaryl/α,β-unsaturated/α-hetero) is 1. The highest BCUT2D eigenvalue weighted by atomic mass is 19.4. The van der Waals surface area contributed by atoms with Crippen LogP contribution in [-0.4, -0.2) is 34.0 Å². The van der Waals surface area contributed by atoms with Gasteiger partial charge in [0, 0.05) is 5.56 Å². The molecule has 0 saturated heterocycles. The van der Waals surface area contributed by atoms with E-state index in [-0.39, 0.29) is 11.3 Å². The van der Waals surface area contributed by atoms with Gasteiger partial charge < -0.3 is 9.88 Å². The van der Waals surface area contributed by atoms with Crippen LogP contribution < -0.4 is 5.32 Å². The zero-order chi connectivity index (χ0) is 23.5. The van der Waals surface area contributed by atoms with Gasteiger partial charge in [-0.1, -0.05) is 30.3 Å². The number of ketones is 1. The Morgan fingerprint density at radius 2 is 1.59 bits per heavy atom. The summed E-state index contributed by atoms with van der Waals surface area (Å²) in [6.07, 6.45) is -7.23. The Kier molecular flexibility index (Phi) is 6.37. The molecule has 1 amide bonds. The number of amides is 1. The largest absolute Gasteiger partial charge is 0.416 e. The van der Waals surface area contributed by atoms with E-state index in [1.54, 1.807) is 6.07 Å². The Balaban J connectivity index is 1.75. The van der Waals surface area contributed by atoms with Crippen LogP contribution in [0.4, 0.5) is 26.3 Å². The highest BCUT2D eigenvalue weighted by Crippen LogP contribution is 2.31. The number of alkyl halides is 6. The number of imidazole rings is 1. The number of nitrogens with one attached hydrogen (secondary N) is 1. The average Bonchev–Trinajstić information content (AvgIpc) is 3.17. The maximum absolute atomic E-state index is 12.8. The summed E-state index contributed by atoms with van der Waals surface area (Å²) < 4.78 is 76.8. The third-order valence-corrected chi connectivity index (χ3v) is 4.45. The minimum atomic E-state index is -4.56. The van der Waals surface area contributed by atoms with Gasteiger partial charge in [-0.2, -0.15) is 26.3 Å². The Bertz CT molecular complexity index is 1120. The van der Waals surface area contributed by atoms with Gasteiger partial charge in [-0.3, -0.25) is 9.59 Å². The number of nitrogens with zero attached hydrogens (tertiary/aromatic N) is 2. The van der Waals surface area contributed by atoms with Crippen LogP contribution in [0.1, 0.15) is 26.4 Å². The molecule has 0 aliphatic heterocycles. The van der Waals surface area contributed by atoms with E-state index in [0.29, 0.717) is 15.7 Å². The molecule has 0 saturated carbocycles. The van der Waals surface area contributed by atoms with Crippen LogP contribution in [0.3, 0.4) is 0 Å². The highest BCUT2D eigenvalue weighted by Gasteiger charge is 2.31. The van der Waals surface area contributed by atoms with Crippen molar-refractivity contribution in [1.29, 1.82) is 0 Å². The van der Waals surface area contributed by atoms with Gasteiger partial charge in [0.1, 0.15) is 12.2 Å². The SMILES string of the molecule is O=C(NCC(=O)c1cncn1CC(F)(F)F)c1ccccc1-c1ccc(C(F)(F)F)cc1. The number of aromatic nitrogens is 2. The van der Waals surface area contributed by atoms with E-state index in [2.05, 4.69) is 10.3 Å². The molecule has 0 spiro atoms. The summed E-state index contributed by atoms with van der Waals surface area (Å²) in [5.41, 5.74) is -0.404. The van der Waals surface area contributed by atoms with E-state index in [0.717, 1.165) is 24.7 Å². The Morgan fingerprint density at radius 3 is 2.22 bits per heavy atom. The van der Waals surface area contributed by atoms with Crippen LogP contribution in [0.15, 0.2) is 61.1 Å².